The summed E-state index contributed by atoms with van der Waals surface area (Å²) in [5.74, 6) is 6.32. The van der Waals surface area contributed by atoms with Crippen molar-refractivity contribution < 1.29 is 4.74 Å². The van der Waals surface area contributed by atoms with Crippen molar-refractivity contribution in [3.8, 4) is 0 Å². The van der Waals surface area contributed by atoms with Gasteiger partial charge >= 0.3 is 0 Å². The summed E-state index contributed by atoms with van der Waals surface area (Å²) in [5, 5.41) is 4.24. The minimum atomic E-state index is 0.163. The van der Waals surface area contributed by atoms with E-state index in [2.05, 4.69) is 10.5 Å². The molecule has 1 aliphatic carbocycles. The van der Waals surface area contributed by atoms with Crippen molar-refractivity contribution in [2.24, 2.45) is 18.8 Å². The highest BCUT2D eigenvalue weighted by atomic mass is 16.5. The SMILES string of the molecule is Cn1nccc1C(NN)C1CCOC2(CCC2)C1. The van der Waals surface area contributed by atoms with Crippen LogP contribution < -0.4 is 11.3 Å². The number of nitrogens with two attached hydrogens (primary N) is 1. The van der Waals surface area contributed by atoms with Gasteiger partial charge in [0.1, 0.15) is 0 Å². The maximum absolute atomic E-state index is 5.98. The van der Waals surface area contributed by atoms with Crippen molar-refractivity contribution in [3.05, 3.63) is 18.0 Å². The third kappa shape index (κ3) is 1.96. The summed E-state index contributed by atoms with van der Waals surface area (Å²) >= 11 is 0. The van der Waals surface area contributed by atoms with Crippen molar-refractivity contribution in [1.82, 2.24) is 15.2 Å². The van der Waals surface area contributed by atoms with E-state index in [1.165, 1.54) is 25.0 Å². The summed E-state index contributed by atoms with van der Waals surface area (Å²) < 4.78 is 7.89. The zero-order valence-corrected chi connectivity index (χ0v) is 10.9. The van der Waals surface area contributed by atoms with Gasteiger partial charge in [-0.1, -0.05) is 0 Å². The molecule has 2 unspecified atom stereocenters. The van der Waals surface area contributed by atoms with E-state index in [-0.39, 0.29) is 11.6 Å². The first-order valence-corrected chi connectivity index (χ1v) is 6.82. The molecule has 1 aliphatic heterocycles. The van der Waals surface area contributed by atoms with Gasteiger partial charge in [-0.25, -0.2) is 0 Å². The smallest absolute Gasteiger partial charge is 0.0686 e. The maximum Gasteiger partial charge on any atom is 0.0686 e. The van der Waals surface area contributed by atoms with Crippen LogP contribution in [0.4, 0.5) is 0 Å². The Morgan fingerprint density at radius 3 is 3.00 bits per heavy atom. The fraction of sp³-hybridized carbons (Fsp3) is 0.769. The van der Waals surface area contributed by atoms with Crippen LogP contribution in [0.15, 0.2) is 12.3 Å². The normalized spacial score (nSPS) is 28.0. The number of aryl methyl sites for hydroxylation is 1. The number of ether oxygens (including phenoxy) is 1. The van der Waals surface area contributed by atoms with Gasteiger partial charge in [-0.3, -0.25) is 16.0 Å². The minimum absolute atomic E-state index is 0.163. The van der Waals surface area contributed by atoms with Crippen molar-refractivity contribution in [3.63, 3.8) is 0 Å². The Balaban J connectivity index is 1.77. The summed E-state index contributed by atoms with van der Waals surface area (Å²) in [6, 6.07) is 2.23. The lowest BCUT2D eigenvalue weighted by atomic mass is 9.70. The summed E-state index contributed by atoms with van der Waals surface area (Å²) in [6.07, 6.45) is 7.75. The van der Waals surface area contributed by atoms with E-state index in [1.54, 1.807) is 0 Å². The predicted octanol–water partition coefficient (Wildman–Crippen LogP) is 1.27. The standard InChI is InChI=1S/C13H22N4O/c1-17-11(3-7-15-17)12(16-14)10-4-8-18-13(9-10)5-2-6-13/h3,7,10,12,16H,2,4-6,8-9,14H2,1H3. The third-order valence-corrected chi connectivity index (χ3v) is 4.62. The largest absolute Gasteiger partial charge is 0.375 e. The molecule has 5 heteroatoms. The molecule has 0 bridgehead atoms. The Bertz CT molecular complexity index is 413. The summed E-state index contributed by atoms with van der Waals surface area (Å²) in [5.41, 5.74) is 4.31. The lowest BCUT2D eigenvalue weighted by Crippen LogP contribution is -2.49. The minimum Gasteiger partial charge on any atom is -0.375 e. The van der Waals surface area contributed by atoms with Gasteiger partial charge in [-0.05, 0) is 44.1 Å². The van der Waals surface area contributed by atoms with Crippen LogP contribution in [0.25, 0.3) is 0 Å². The maximum atomic E-state index is 5.98. The van der Waals surface area contributed by atoms with Crippen molar-refractivity contribution in [2.75, 3.05) is 6.61 Å². The van der Waals surface area contributed by atoms with Crippen LogP contribution in [0.5, 0.6) is 0 Å². The highest BCUT2D eigenvalue weighted by Crippen LogP contribution is 2.46. The third-order valence-electron chi connectivity index (χ3n) is 4.62. The molecule has 1 spiro atoms. The first-order valence-electron chi connectivity index (χ1n) is 6.82. The number of nitrogens with zero attached hydrogens (tertiary/aromatic N) is 2. The topological polar surface area (TPSA) is 65.1 Å². The van der Waals surface area contributed by atoms with E-state index < -0.39 is 0 Å². The zero-order chi connectivity index (χ0) is 12.6. The number of hydrogen-bond acceptors (Lipinski definition) is 4. The van der Waals surface area contributed by atoms with Crippen LogP contribution >= 0.6 is 0 Å². The number of hydrazine groups is 1. The zero-order valence-electron chi connectivity index (χ0n) is 10.9. The molecule has 2 fully saturated rings. The molecule has 3 rings (SSSR count). The summed E-state index contributed by atoms with van der Waals surface area (Å²) in [7, 11) is 1.97. The lowest BCUT2D eigenvalue weighted by molar-refractivity contribution is -0.147. The molecule has 1 aromatic rings. The molecule has 100 valence electrons. The van der Waals surface area contributed by atoms with Crippen LogP contribution in [0.1, 0.15) is 43.8 Å². The van der Waals surface area contributed by atoms with Crippen molar-refractivity contribution in [2.45, 2.75) is 43.7 Å². The molecule has 3 N–H and O–H groups in total. The van der Waals surface area contributed by atoms with Gasteiger partial charge < -0.3 is 4.74 Å². The predicted molar refractivity (Wildman–Crippen MR) is 68.5 cm³/mol. The van der Waals surface area contributed by atoms with E-state index in [0.717, 1.165) is 19.4 Å². The molecule has 0 amide bonds. The first kappa shape index (κ1) is 12.1. The molecule has 5 nitrogen and oxygen atoms in total. The van der Waals surface area contributed by atoms with Gasteiger partial charge in [-0.15, -0.1) is 0 Å². The fourth-order valence-corrected chi connectivity index (χ4v) is 3.42. The number of nitrogens with one attached hydrogen (secondary N) is 1. The number of aromatic nitrogens is 2. The fourth-order valence-electron chi connectivity index (χ4n) is 3.42. The highest BCUT2D eigenvalue weighted by molar-refractivity contribution is 5.10. The van der Waals surface area contributed by atoms with Crippen LogP contribution in [0.2, 0.25) is 0 Å². The second-order valence-electron chi connectivity index (χ2n) is 5.66. The molecular formula is C13H22N4O. The highest BCUT2D eigenvalue weighted by Gasteiger charge is 2.44. The first-order chi connectivity index (χ1) is 8.74. The Morgan fingerprint density at radius 1 is 1.61 bits per heavy atom. The van der Waals surface area contributed by atoms with E-state index in [1.807, 2.05) is 24.0 Å². The van der Waals surface area contributed by atoms with Gasteiger partial charge in [0.15, 0.2) is 0 Å². The quantitative estimate of drug-likeness (QED) is 0.626. The second kappa shape index (κ2) is 4.64. The van der Waals surface area contributed by atoms with Gasteiger partial charge in [0.05, 0.1) is 17.3 Å². The van der Waals surface area contributed by atoms with Crippen LogP contribution in [0.3, 0.4) is 0 Å². The summed E-state index contributed by atoms with van der Waals surface area (Å²) in [4.78, 5) is 0. The van der Waals surface area contributed by atoms with E-state index in [4.69, 9.17) is 10.6 Å². The monoisotopic (exact) mass is 250 g/mol. The van der Waals surface area contributed by atoms with E-state index >= 15 is 0 Å². The molecule has 1 saturated carbocycles. The van der Waals surface area contributed by atoms with Gasteiger partial charge in [0.25, 0.3) is 0 Å². The molecule has 1 aromatic heterocycles. The average molecular weight is 250 g/mol. The van der Waals surface area contributed by atoms with Crippen LogP contribution in [0, 0.1) is 5.92 Å². The lowest BCUT2D eigenvalue weighted by Gasteiger charge is -2.48. The Hall–Kier alpha value is -0.910. The molecular weight excluding hydrogens is 228 g/mol. The Labute approximate surface area is 108 Å². The molecule has 18 heavy (non-hydrogen) atoms. The van der Waals surface area contributed by atoms with E-state index in [0.29, 0.717) is 5.92 Å². The molecule has 2 atom stereocenters. The molecule has 0 radical (unpaired) electrons. The Kier molecular flexibility index (Phi) is 3.13. The van der Waals surface area contributed by atoms with Crippen molar-refractivity contribution >= 4 is 0 Å². The molecule has 1 saturated heterocycles. The van der Waals surface area contributed by atoms with E-state index in [9.17, 15) is 0 Å². The Morgan fingerprint density at radius 2 is 2.44 bits per heavy atom. The molecule has 0 aromatic carbocycles. The molecule has 2 aliphatic rings. The van der Waals surface area contributed by atoms with Gasteiger partial charge in [0.2, 0.25) is 0 Å². The average Bonchev–Trinajstić information content (AvgIpc) is 2.75. The van der Waals surface area contributed by atoms with Gasteiger partial charge in [-0.2, -0.15) is 5.10 Å². The summed E-state index contributed by atoms with van der Waals surface area (Å²) in [6.45, 7) is 0.862. The van der Waals surface area contributed by atoms with Gasteiger partial charge in [0, 0.05) is 19.9 Å². The number of hydrogen-bond donors (Lipinski definition) is 2. The van der Waals surface area contributed by atoms with Crippen LogP contribution in [-0.2, 0) is 11.8 Å². The van der Waals surface area contributed by atoms with Crippen molar-refractivity contribution in [1.29, 1.82) is 0 Å². The van der Waals surface area contributed by atoms with Crippen LogP contribution in [-0.4, -0.2) is 22.0 Å². The second-order valence-corrected chi connectivity index (χ2v) is 5.66. The molecule has 2 heterocycles. The number of rotatable bonds is 3.